The molecule has 5 heteroatoms. The zero-order chi connectivity index (χ0) is 17.5. The zero-order valence-electron chi connectivity index (χ0n) is 14.6. The summed E-state index contributed by atoms with van der Waals surface area (Å²) < 4.78 is 5.56. The van der Waals surface area contributed by atoms with Crippen LogP contribution in [-0.2, 0) is 16.7 Å². The van der Waals surface area contributed by atoms with E-state index in [1.807, 2.05) is 12.1 Å². The van der Waals surface area contributed by atoms with Crippen molar-refractivity contribution >= 4 is 6.03 Å². The lowest BCUT2D eigenvalue weighted by atomic mass is 9.72. The quantitative estimate of drug-likeness (QED) is 0.880. The minimum atomic E-state index is -0.150. The monoisotopic (exact) mass is 339 g/mol. The average molecular weight is 339 g/mol. The Morgan fingerprint density at radius 1 is 1.16 bits per heavy atom. The van der Waals surface area contributed by atoms with Gasteiger partial charge in [0.15, 0.2) is 0 Å². The number of rotatable bonds is 5. The van der Waals surface area contributed by atoms with E-state index >= 15 is 0 Å². The molecule has 2 N–H and O–H groups in total. The largest absolute Gasteiger partial charge is 0.381 e. The van der Waals surface area contributed by atoms with Crippen molar-refractivity contribution in [3.8, 4) is 0 Å². The Hall–Kier alpha value is -2.40. The van der Waals surface area contributed by atoms with Gasteiger partial charge in [-0.3, -0.25) is 4.98 Å². The zero-order valence-corrected chi connectivity index (χ0v) is 14.6. The maximum Gasteiger partial charge on any atom is 0.315 e. The highest BCUT2D eigenvalue weighted by atomic mass is 16.5. The Kier molecular flexibility index (Phi) is 5.66. The molecule has 2 amide bonds. The number of carbonyl (C=O) groups excluding carboxylic acids is 1. The van der Waals surface area contributed by atoms with Crippen LogP contribution in [0.25, 0.3) is 0 Å². The Labute approximate surface area is 148 Å². The van der Waals surface area contributed by atoms with Gasteiger partial charge in [0.2, 0.25) is 0 Å². The number of hydrogen-bond acceptors (Lipinski definition) is 3. The van der Waals surface area contributed by atoms with Gasteiger partial charge >= 0.3 is 6.03 Å². The van der Waals surface area contributed by atoms with Gasteiger partial charge in [0, 0.05) is 44.1 Å². The fourth-order valence-corrected chi connectivity index (χ4v) is 3.47. The number of aryl methyl sites for hydroxylation is 1. The van der Waals surface area contributed by atoms with Crippen molar-refractivity contribution in [2.75, 3.05) is 19.8 Å². The summed E-state index contributed by atoms with van der Waals surface area (Å²) in [5, 5.41) is 5.96. The molecule has 1 aliphatic heterocycles. The van der Waals surface area contributed by atoms with Crippen molar-refractivity contribution in [2.24, 2.45) is 0 Å². The SMILES string of the molecule is Cc1ccccc1C1(CNC(=O)NCc2cccnc2)CCOCC1. The minimum absolute atomic E-state index is 0.0603. The van der Waals surface area contributed by atoms with Crippen molar-refractivity contribution in [3.63, 3.8) is 0 Å². The van der Waals surface area contributed by atoms with Gasteiger partial charge < -0.3 is 15.4 Å². The van der Waals surface area contributed by atoms with Crippen LogP contribution in [0.2, 0.25) is 0 Å². The first-order valence-electron chi connectivity index (χ1n) is 8.74. The molecule has 1 aromatic heterocycles. The summed E-state index contributed by atoms with van der Waals surface area (Å²) >= 11 is 0. The number of benzene rings is 1. The van der Waals surface area contributed by atoms with Crippen molar-refractivity contribution < 1.29 is 9.53 Å². The molecule has 0 bridgehead atoms. The van der Waals surface area contributed by atoms with Crippen LogP contribution in [0.5, 0.6) is 0 Å². The molecule has 2 heterocycles. The summed E-state index contributed by atoms with van der Waals surface area (Å²) in [5.41, 5.74) is 3.50. The van der Waals surface area contributed by atoms with Crippen LogP contribution >= 0.6 is 0 Å². The van der Waals surface area contributed by atoms with Gasteiger partial charge in [-0.15, -0.1) is 0 Å². The summed E-state index contributed by atoms with van der Waals surface area (Å²) in [6, 6.07) is 12.1. The fraction of sp³-hybridized carbons (Fsp3) is 0.400. The van der Waals surface area contributed by atoms with E-state index in [1.54, 1.807) is 12.4 Å². The molecule has 0 radical (unpaired) electrons. The first-order valence-corrected chi connectivity index (χ1v) is 8.74. The maximum atomic E-state index is 12.2. The molecule has 25 heavy (non-hydrogen) atoms. The van der Waals surface area contributed by atoms with Crippen LogP contribution in [0.4, 0.5) is 4.79 Å². The fourth-order valence-electron chi connectivity index (χ4n) is 3.47. The highest BCUT2D eigenvalue weighted by Gasteiger charge is 2.35. The number of ether oxygens (including phenoxy) is 1. The lowest BCUT2D eigenvalue weighted by Gasteiger charge is -2.39. The Balaban J connectivity index is 1.63. The van der Waals surface area contributed by atoms with Crippen molar-refractivity contribution in [1.29, 1.82) is 0 Å². The number of amides is 2. The second-order valence-electron chi connectivity index (χ2n) is 6.61. The van der Waals surface area contributed by atoms with E-state index in [0.717, 1.165) is 31.6 Å². The van der Waals surface area contributed by atoms with E-state index in [-0.39, 0.29) is 11.4 Å². The van der Waals surface area contributed by atoms with Crippen LogP contribution in [0.3, 0.4) is 0 Å². The molecule has 1 fully saturated rings. The lowest BCUT2D eigenvalue weighted by Crippen LogP contribution is -2.47. The minimum Gasteiger partial charge on any atom is -0.381 e. The van der Waals surface area contributed by atoms with E-state index < -0.39 is 0 Å². The average Bonchev–Trinajstić information content (AvgIpc) is 2.67. The molecule has 3 rings (SSSR count). The second-order valence-corrected chi connectivity index (χ2v) is 6.61. The number of nitrogens with zero attached hydrogens (tertiary/aromatic N) is 1. The first-order chi connectivity index (χ1) is 12.2. The molecule has 1 aliphatic rings. The smallest absolute Gasteiger partial charge is 0.315 e. The third kappa shape index (κ3) is 4.37. The first kappa shape index (κ1) is 17.4. The number of nitrogens with one attached hydrogen (secondary N) is 2. The third-order valence-corrected chi connectivity index (χ3v) is 4.93. The highest BCUT2D eigenvalue weighted by molar-refractivity contribution is 5.74. The third-order valence-electron chi connectivity index (χ3n) is 4.93. The van der Waals surface area contributed by atoms with Gasteiger partial charge in [-0.1, -0.05) is 30.3 Å². The molecular formula is C20H25N3O2. The van der Waals surface area contributed by atoms with Gasteiger partial charge in [0.05, 0.1) is 0 Å². The van der Waals surface area contributed by atoms with Crippen molar-refractivity contribution in [1.82, 2.24) is 15.6 Å². The van der Waals surface area contributed by atoms with Gasteiger partial charge in [0.1, 0.15) is 0 Å². The number of carbonyl (C=O) groups is 1. The molecule has 0 atom stereocenters. The second kappa shape index (κ2) is 8.12. The number of aromatic nitrogens is 1. The molecule has 2 aromatic rings. The standard InChI is InChI=1S/C20H25N3O2/c1-16-5-2-3-7-18(16)20(8-11-25-12-9-20)15-23-19(24)22-14-17-6-4-10-21-13-17/h2-7,10,13H,8-9,11-12,14-15H2,1H3,(H2,22,23,24). The van der Waals surface area contributed by atoms with Crippen molar-refractivity contribution in [2.45, 2.75) is 31.7 Å². The molecule has 0 unspecified atom stereocenters. The van der Waals surface area contributed by atoms with E-state index in [0.29, 0.717) is 13.1 Å². The topological polar surface area (TPSA) is 63.2 Å². The molecule has 1 saturated heterocycles. The maximum absolute atomic E-state index is 12.2. The molecule has 1 aromatic carbocycles. The summed E-state index contributed by atoms with van der Waals surface area (Å²) in [6.45, 7) is 4.68. The Morgan fingerprint density at radius 2 is 1.96 bits per heavy atom. The Morgan fingerprint density at radius 3 is 2.68 bits per heavy atom. The normalized spacial score (nSPS) is 16.2. The predicted molar refractivity (Wildman–Crippen MR) is 97.4 cm³/mol. The van der Waals surface area contributed by atoms with Crippen LogP contribution in [0.15, 0.2) is 48.8 Å². The molecule has 0 spiro atoms. The summed E-state index contributed by atoms with van der Waals surface area (Å²) in [6.07, 6.45) is 5.32. The summed E-state index contributed by atoms with van der Waals surface area (Å²) in [4.78, 5) is 16.3. The van der Waals surface area contributed by atoms with Gasteiger partial charge in [-0.05, 0) is 42.5 Å². The highest BCUT2D eigenvalue weighted by Crippen LogP contribution is 2.36. The van der Waals surface area contributed by atoms with Crippen LogP contribution in [-0.4, -0.2) is 30.8 Å². The van der Waals surface area contributed by atoms with Crippen LogP contribution in [0, 0.1) is 6.92 Å². The number of hydrogen-bond donors (Lipinski definition) is 2. The van der Waals surface area contributed by atoms with Gasteiger partial charge in [0.25, 0.3) is 0 Å². The number of pyridine rings is 1. The summed E-state index contributed by atoms with van der Waals surface area (Å²) in [7, 11) is 0. The van der Waals surface area contributed by atoms with E-state index in [1.165, 1.54) is 11.1 Å². The van der Waals surface area contributed by atoms with Gasteiger partial charge in [-0.2, -0.15) is 0 Å². The van der Waals surface area contributed by atoms with Gasteiger partial charge in [-0.25, -0.2) is 4.79 Å². The van der Waals surface area contributed by atoms with E-state index in [2.05, 4.69) is 46.8 Å². The van der Waals surface area contributed by atoms with E-state index in [9.17, 15) is 4.79 Å². The van der Waals surface area contributed by atoms with E-state index in [4.69, 9.17) is 4.74 Å². The summed E-state index contributed by atoms with van der Waals surface area (Å²) in [5.74, 6) is 0. The molecule has 132 valence electrons. The molecule has 5 nitrogen and oxygen atoms in total. The van der Waals surface area contributed by atoms with Crippen molar-refractivity contribution in [3.05, 3.63) is 65.5 Å². The predicted octanol–water partition coefficient (Wildman–Crippen LogP) is 2.94. The molecule has 0 saturated carbocycles. The number of urea groups is 1. The molecular weight excluding hydrogens is 314 g/mol. The van der Waals surface area contributed by atoms with Crippen LogP contribution in [0.1, 0.15) is 29.5 Å². The lowest BCUT2D eigenvalue weighted by molar-refractivity contribution is 0.0505. The Bertz CT molecular complexity index is 697. The molecule has 0 aliphatic carbocycles. The van der Waals surface area contributed by atoms with Crippen LogP contribution < -0.4 is 10.6 Å².